The Labute approximate surface area is 151 Å². The highest BCUT2D eigenvalue weighted by Gasteiger charge is 2.18. The van der Waals surface area contributed by atoms with Gasteiger partial charge in [0.15, 0.2) is 5.82 Å². The number of nitrogens with one attached hydrogen (secondary N) is 1. The Morgan fingerprint density at radius 2 is 1.81 bits per heavy atom. The zero-order valence-corrected chi connectivity index (χ0v) is 14.3. The number of fused-ring (bicyclic) bond motifs is 1. The van der Waals surface area contributed by atoms with Crippen molar-refractivity contribution < 1.29 is 4.39 Å². The monoisotopic (exact) mass is 352 g/mol. The first-order chi connectivity index (χ1) is 12.6. The first-order valence-corrected chi connectivity index (χ1v) is 8.73. The molecule has 26 heavy (non-hydrogen) atoms. The van der Waals surface area contributed by atoms with E-state index in [1.807, 2.05) is 18.2 Å². The Morgan fingerprint density at radius 3 is 2.62 bits per heavy atom. The van der Waals surface area contributed by atoms with Gasteiger partial charge in [0.05, 0.1) is 17.6 Å². The number of nitrogens with two attached hydrogens (primary N) is 2. The SMILES string of the molecule is Nc1cnc(NC2CCCC2)nc1N(N)c1ccc2cc(F)ccc2c1. The van der Waals surface area contributed by atoms with E-state index < -0.39 is 0 Å². The molecule has 1 aromatic heterocycles. The lowest BCUT2D eigenvalue weighted by molar-refractivity contribution is 0.630. The molecule has 0 radical (unpaired) electrons. The van der Waals surface area contributed by atoms with Crippen molar-refractivity contribution in [3.63, 3.8) is 0 Å². The second-order valence-corrected chi connectivity index (χ2v) is 6.64. The van der Waals surface area contributed by atoms with Crippen LogP contribution in [0.2, 0.25) is 0 Å². The molecular weight excluding hydrogens is 331 g/mol. The van der Waals surface area contributed by atoms with Gasteiger partial charge in [0.25, 0.3) is 0 Å². The van der Waals surface area contributed by atoms with Crippen molar-refractivity contribution in [2.45, 2.75) is 31.7 Å². The summed E-state index contributed by atoms with van der Waals surface area (Å²) in [6, 6.07) is 10.5. The number of hydrazine groups is 1. The summed E-state index contributed by atoms with van der Waals surface area (Å²) >= 11 is 0. The third kappa shape index (κ3) is 3.25. The van der Waals surface area contributed by atoms with E-state index in [2.05, 4.69) is 15.3 Å². The van der Waals surface area contributed by atoms with Crippen molar-refractivity contribution in [3.8, 4) is 0 Å². The Kier molecular flexibility index (Phi) is 4.30. The minimum Gasteiger partial charge on any atom is -0.394 e. The second-order valence-electron chi connectivity index (χ2n) is 6.64. The number of anilines is 4. The Balaban J connectivity index is 1.64. The lowest BCUT2D eigenvalue weighted by atomic mass is 10.1. The molecule has 1 aliphatic rings. The molecule has 0 unspecified atom stereocenters. The van der Waals surface area contributed by atoms with Gasteiger partial charge in [0.1, 0.15) is 5.82 Å². The summed E-state index contributed by atoms with van der Waals surface area (Å²) < 4.78 is 13.3. The lowest BCUT2D eigenvalue weighted by Crippen LogP contribution is -2.28. The van der Waals surface area contributed by atoms with Gasteiger partial charge in [-0.1, -0.05) is 25.0 Å². The summed E-state index contributed by atoms with van der Waals surface area (Å²) in [4.78, 5) is 8.77. The van der Waals surface area contributed by atoms with Crippen LogP contribution in [0.5, 0.6) is 0 Å². The molecule has 7 heteroatoms. The van der Waals surface area contributed by atoms with Gasteiger partial charge in [0.2, 0.25) is 5.95 Å². The van der Waals surface area contributed by atoms with Crippen molar-refractivity contribution in [2.75, 3.05) is 16.1 Å². The molecule has 0 saturated heterocycles. The summed E-state index contributed by atoms with van der Waals surface area (Å²) in [6.07, 6.45) is 6.25. The van der Waals surface area contributed by atoms with E-state index in [4.69, 9.17) is 11.6 Å². The maximum absolute atomic E-state index is 13.3. The first kappa shape index (κ1) is 16.5. The molecule has 0 atom stereocenters. The molecular formula is C19H21FN6. The van der Waals surface area contributed by atoms with Crippen LogP contribution in [-0.4, -0.2) is 16.0 Å². The molecule has 1 heterocycles. The van der Waals surface area contributed by atoms with Crippen LogP contribution < -0.4 is 21.9 Å². The summed E-state index contributed by atoms with van der Waals surface area (Å²) in [7, 11) is 0. The number of rotatable bonds is 4. The quantitative estimate of drug-likeness (QED) is 0.489. The first-order valence-electron chi connectivity index (χ1n) is 8.73. The molecule has 1 saturated carbocycles. The van der Waals surface area contributed by atoms with Gasteiger partial charge in [-0.25, -0.2) is 15.2 Å². The second kappa shape index (κ2) is 6.76. The standard InChI is InChI=1S/C19H21FN6/c20-14-7-5-13-10-16(8-6-12(13)9-14)26(22)18-17(21)11-23-19(25-18)24-15-3-1-2-4-15/h5-11,15H,1-4,21-22H2,(H,23,24,25). The summed E-state index contributed by atoms with van der Waals surface area (Å²) in [5.41, 5.74) is 7.15. The Bertz CT molecular complexity index is 938. The molecule has 6 nitrogen and oxygen atoms in total. The van der Waals surface area contributed by atoms with E-state index in [0.717, 1.165) is 23.6 Å². The number of nitrogen functional groups attached to an aromatic ring is 1. The number of halogens is 1. The fourth-order valence-electron chi connectivity index (χ4n) is 3.37. The zero-order chi connectivity index (χ0) is 18.1. The van der Waals surface area contributed by atoms with Gasteiger partial charge < -0.3 is 11.1 Å². The summed E-state index contributed by atoms with van der Waals surface area (Å²) in [6.45, 7) is 0. The smallest absolute Gasteiger partial charge is 0.225 e. The van der Waals surface area contributed by atoms with Crippen molar-refractivity contribution in [1.29, 1.82) is 0 Å². The van der Waals surface area contributed by atoms with Crippen LogP contribution in [0.1, 0.15) is 25.7 Å². The highest BCUT2D eigenvalue weighted by Crippen LogP contribution is 2.29. The van der Waals surface area contributed by atoms with Gasteiger partial charge in [-0.15, -0.1) is 0 Å². The van der Waals surface area contributed by atoms with Crippen LogP contribution in [0.25, 0.3) is 10.8 Å². The summed E-state index contributed by atoms with van der Waals surface area (Å²) in [5, 5.41) is 6.47. The fourth-order valence-corrected chi connectivity index (χ4v) is 3.37. The Morgan fingerprint density at radius 1 is 1.08 bits per heavy atom. The molecule has 1 aliphatic carbocycles. The molecule has 4 rings (SSSR count). The molecule has 1 fully saturated rings. The minimum atomic E-state index is -0.266. The van der Waals surface area contributed by atoms with E-state index in [1.165, 1.54) is 30.0 Å². The van der Waals surface area contributed by atoms with E-state index >= 15 is 0 Å². The highest BCUT2D eigenvalue weighted by atomic mass is 19.1. The summed E-state index contributed by atoms with van der Waals surface area (Å²) in [5.74, 6) is 6.97. The van der Waals surface area contributed by atoms with Crippen LogP contribution in [0.4, 0.5) is 27.5 Å². The molecule has 0 spiro atoms. The molecule has 0 aliphatic heterocycles. The van der Waals surface area contributed by atoms with E-state index in [0.29, 0.717) is 29.2 Å². The van der Waals surface area contributed by atoms with Crippen LogP contribution in [0, 0.1) is 5.82 Å². The molecule has 134 valence electrons. The van der Waals surface area contributed by atoms with Gasteiger partial charge >= 0.3 is 0 Å². The Hall–Kier alpha value is -2.93. The average Bonchev–Trinajstić information content (AvgIpc) is 3.15. The predicted octanol–water partition coefficient (Wildman–Crippen LogP) is 3.72. The normalized spacial score (nSPS) is 14.7. The number of hydrogen-bond donors (Lipinski definition) is 3. The molecule has 2 aromatic carbocycles. The maximum atomic E-state index is 13.3. The zero-order valence-electron chi connectivity index (χ0n) is 14.3. The van der Waals surface area contributed by atoms with E-state index in [-0.39, 0.29) is 5.82 Å². The molecule has 3 aromatic rings. The molecule has 0 amide bonds. The van der Waals surface area contributed by atoms with E-state index in [1.54, 1.807) is 12.3 Å². The van der Waals surface area contributed by atoms with Gasteiger partial charge in [-0.05, 0) is 47.9 Å². The molecule has 0 bridgehead atoms. The van der Waals surface area contributed by atoms with Crippen LogP contribution >= 0.6 is 0 Å². The van der Waals surface area contributed by atoms with Crippen molar-refractivity contribution in [1.82, 2.24) is 9.97 Å². The van der Waals surface area contributed by atoms with Gasteiger partial charge in [0, 0.05) is 6.04 Å². The van der Waals surface area contributed by atoms with Crippen molar-refractivity contribution in [2.24, 2.45) is 5.84 Å². The lowest BCUT2D eigenvalue weighted by Gasteiger charge is -2.21. The highest BCUT2D eigenvalue weighted by molar-refractivity contribution is 5.87. The predicted molar refractivity (Wildman–Crippen MR) is 103 cm³/mol. The average molecular weight is 352 g/mol. The van der Waals surface area contributed by atoms with Gasteiger partial charge in [-0.2, -0.15) is 4.98 Å². The van der Waals surface area contributed by atoms with Gasteiger partial charge in [-0.3, -0.25) is 5.01 Å². The minimum absolute atomic E-state index is 0.266. The number of hydrogen-bond acceptors (Lipinski definition) is 6. The topological polar surface area (TPSA) is 93.1 Å². The van der Waals surface area contributed by atoms with Crippen molar-refractivity contribution in [3.05, 3.63) is 48.4 Å². The molecule has 5 N–H and O–H groups in total. The van der Waals surface area contributed by atoms with Crippen LogP contribution in [0.15, 0.2) is 42.6 Å². The third-order valence-corrected chi connectivity index (χ3v) is 4.78. The number of aromatic nitrogens is 2. The van der Waals surface area contributed by atoms with E-state index in [9.17, 15) is 4.39 Å². The maximum Gasteiger partial charge on any atom is 0.225 e. The van der Waals surface area contributed by atoms with Crippen LogP contribution in [0.3, 0.4) is 0 Å². The number of nitrogens with zero attached hydrogens (tertiary/aromatic N) is 3. The largest absolute Gasteiger partial charge is 0.394 e. The van der Waals surface area contributed by atoms with Crippen molar-refractivity contribution >= 4 is 33.9 Å². The number of benzene rings is 2. The fraction of sp³-hybridized carbons (Fsp3) is 0.263. The third-order valence-electron chi connectivity index (χ3n) is 4.78. The van der Waals surface area contributed by atoms with Crippen LogP contribution in [-0.2, 0) is 0 Å².